The van der Waals surface area contributed by atoms with Gasteiger partial charge in [-0.1, -0.05) is 127 Å². The fraction of sp³-hybridized carbons (Fsp3) is 0.765. The van der Waals surface area contributed by atoms with E-state index in [0.717, 1.165) is 25.8 Å². The molecule has 1 unspecified atom stereocenters. The number of aryl methyl sites for hydroxylation is 1. The smallest absolute Gasteiger partial charge is 0.407 e. The Bertz CT molecular complexity index is 1110. The van der Waals surface area contributed by atoms with Gasteiger partial charge in [-0.15, -0.1) is 0 Å². The average Bonchev–Trinajstić information content (AvgIpc) is 3.44. The number of alkyl carbamates (subject to hydrolysis) is 1. The number of hydrogen-bond donors (Lipinski definition) is 2. The van der Waals surface area contributed by atoms with Crippen LogP contribution in [0.25, 0.3) is 10.2 Å². The molecule has 0 saturated heterocycles. The molecule has 252 valence electrons. The largest absolute Gasteiger partial charge is 0.447 e. The van der Waals surface area contributed by atoms with E-state index in [4.69, 9.17) is 9.47 Å². The standard InChI is InChI=1S/C34H59N3O5S2/c1-3-4-5-6-7-8-9-10-11-12-13-14-15-16-17-20-25-35-34(38)42-29-31(41-2)28-36-44(39,40)27-22-21-26-37-30-43-33-24-19-18-23-32(33)37/h18-19,23-24,30-31,36H,3-17,20-22,25-29H2,1-2H3/p+1. The molecule has 1 heterocycles. The van der Waals surface area contributed by atoms with E-state index in [1.165, 1.54) is 107 Å². The van der Waals surface area contributed by atoms with Crippen molar-refractivity contribution in [2.75, 3.05) is 32.6 Å². The zero-order chi connectivity index (χ0) is 31.7. The van der Waals surface area contributed by atoms with E-state index in [-0.39, 0.29) is 18.9 Å². The molecule has 1 atom stereocenters. The van der Waals surface area contributed by atoms with Crippen LogP contribution in [-0.4, -0.2) is 53.2 Å². The summed E-state index contributed by atoms with van der Waals surface area (Å²) in [6.45, 7) is 3.69. The summed E-state index contributed by atoms with van der Waals surface area (Å²) >= 11 is 1.69. The van der Waals surface area contributed by atoms with Gasteiger partial charge in [-0.05, 0) is 18.9 Å². The molecule has 0 aliphatic rings. The molecule has 0 radical (unpaired) electrons. The molecule has 0 spiro atoms. The normalized spacial score (nSPS) is 12.5. The number of rotatable bonds is 28. The second-order valence-corrected chi connectivity index (χ2v) is 14.8. The van der Waals surface area contributed by atoms with E-state index < -0.39 is 22.2 Å². The first kappa shape index (κ1) is 38.4. The van der Waals surface area contributed by atoms with Crippen molar-refractivity contribution in [3.05, 3.63) is 29.8 Å². The Balaban J connectivity index is 1.40. The van der Waals surface area contributed by atoms with Crippen LogP contribution in [0, 0.1) is 0 Å². The van der Waals surface area contributed by atoms with E-state index in [1.54, 1.807) is 11.3 Å². The van der Waals surface area contributed by atoms with Crippen LogP contribution in [0.5, 0.6) is 0 Å². The fourth-order valence-electron chi connectivity index (χ4n) is 5.30. The van der Waals surface area contributed by atoms with Crippen LogP contribution in [0.4, 0.5) is 4.79 Å². The zero-order valence-electron chi connectivity index (χ0n) is 27.5. The summed E-state index contributed by atoms with van der Waals surface area (Å²) in [5.74, 6) is 0.0483. The minimum absolute atomic E-state index is 0.00825. The molecule has 1 aromatic heterocycles. The van der Waals surface area contributed by atoms with Gasteiger partial charge in [0.1, 0.15) is 24.0 Å². The van der Waals surface area contributed by atoms with Gasteiger partial charge in [0.25, 0.3) is 0 Å². The first-order valence-corrected chi connectivity index (χ1v) is 19.7. The minimum Gasteiger partial charge on any atom is -0.447 e. The summed E-state index contributed by atoms with van der Waals surface area (Å²) in [5.41, 5.74) is 3.26. The molecule has 1 amide bonds. The number of sulfonamides is 1. The van der Waals surface area contributed by atoms with E-state index in [9.17, 15) is 13.2 Å². The third-order valence-corrected chi connectivity index (χ3v) is 10.5. The van der Waals surface area contributed by atoms with E-state index in [1.807, 2.05) is 12.1 Å². The molecule has 0 bridgehead atoms. The maximum atomic E-state index is 12.5. The molecule has 0 aliphatic carbocycles. The number of benzene rings is 1. The molecule has 2 N–H and O–H groups in total. The Morgan fingerprint density at radius 2 is 1.43 bits per heavy atom. The van der Waals surface area contributed by atoms with Gasteiger partial charge in [0.2, 0.25) is 21.1 Å². The van der Waals surface area contributed by atoms with Crippen molar-refractivity contribution in [1.29, 1.82) is 0 Å². The number of thiazole rings is 1. The summed E-state index contributed by atoms with van der Waals surface area (Å²) in [6, 6.07) is 8.21. The van der Waals surface area contributed by atoms with E-state index in [0.29, 0.717) is 13.0 Å². The van der Waals surface area contributed by atoms with Crippen LogP contribution < -0.4 is 14.6 Å². The number of hydrogen-bond acceptors (Lipinski definition) is 6. The molecular weight excluding hydrogens is 595 g/mol. The average molecular weight is 655 g/mol. The van der Waals surface area contributed by atoms with E-state index >= 15 is 0 Å². The highest BCUT2D eigenvalue weighted by Gasteiger charge is 2.17. The van der Waals surface area contributed by atoms with Crippen LogP contribution in [0.1, 0.15) is 122 Å². The molecule has 0 saturated carbocycles. The molecule has 10 heteroatoms. The maximum Gasteiger partial charge on any atom is 0.407 e. The van der Waals surface area contributed by atoms with Crippen molar-refractivity contribution in [2.45, 2.75) is 135 Å². The number of carbonyl (C=O) groups is 1. The van der Waals surface area contributed by atoms with Gasteiger partial charge in [0, 0.05) is 32.7 Å². The summed E-state index contributed by atoms with van der Waals surface area (Å²) in [7, 11) is -1.96. The van der Waals surface area contributed by atoms with Crippen LogP contribution in [0.15, 0.2) is 29.8 Å². The third kappa shape index (κ3) is 18.3. The summed E-state index contributed by atoms with van der Waals surface area (Å²) < 4.78 is 41.5. The highest BCUT2D eigenvalue weighted by molar-refractivity contribution is 7.89. The number of ether oxygens (including phenoxy) is 2. The van der Waals surface area contributed by atoms with E-state index in [2.05, 4.69) is 39.2 Å². The molecule has 2 rings (SSSR count). The summed E-state index contributed by atoms with van der Waals surface area (Å²) in [4.78, 5) is 12.0. The van der Waals surface area contributed by atoms with Crippen molar-refractivity contribution < 1.29 is 27.3 Å². The fourth-order valence-corrected chi connectivity index (χ4v) is 7.40. The SMILES string of the molecule is CCCCCCCCCCCCCCCCCCNC(=O)OCC(CNS(=O)(=O)CCCC[n+]1csc2ccccc21)OC. The molecular formula is C34H60N3O5S2+. The lowest BCUT2D eigenvalue weighted by Crippen LogP contribution is -2.38. The van der Waals surface area contributed by atoms with Crippen molar-refractivity contribution in [1.82, 2.24) is 10.0 Å². The lowest BCUT2D eigenvalue weighted by Gasteiger charge is -2.16. The van der Waals surface area contributed by atoms with Crippen molar-refractivity contribution in [2.24, 2.45) is 0 Å². The molecule has 1 aromatic carbocycles. The Morgan fingerprint density at radius 1 is 0.841 bits per heavy atom. The predicted molar refractivity (Wildman–Crippen MR) is 183 cm³/mol. The van der Waals surface area contributed by atoms with Gasteiger partial charge in [-0.25, -0.2) is 17.9 Å². The van der Waals surface area contributed by atoms with Gasteiger partial charge < -0.3 is 14.8 Å². The Hall–Kier alpha value is -1.75. The predicted octanol–water partition coefficient (Wildman–Crippen LogP) is 7.89. The van der Waals surface area contributed by atoms with Gasteiger partial charge in [-0.3, -0.25) is 0 Å². The number of aromatic nitrogens is 1. The molecule has 0 fully saturated rings. The monoisotopic (exact) mass is 654 g/mol. The molecule has 44 heavy (non-hydrogen) atoms. The molecule has 0 aliphatic heterocycles. The molecule has 2 aromatic rings. The first-order chi connectivity index (χ1) is 21.4. The second-order valence-electron chi connectivity index (χ2n) is 11.9. The number of fused-ring (bicyclic) bond motifs is 1. The quantitative estimate of drug-likeness (QED) is 0.0719. The molecule has 8 nitrogen and oxygen atoms in total. The number of carbonyl (C=O) groups excluding carboxylic acids is 1. The van der Waals surface area contributed by atoms with Crippen LogP contribution in [-0.2, 0) is 26.0 Å². The number of nitrogens with one attached hydrogen (secondary N) is 2. The Labute approximate surface area is 271 Å². The third-order valence-electron chi connectivity index (χ3n) is 8.11. The summed E-state index contributed by atoms with van der Waals surface area (Å²) in [6.07, 6.45) is 21.3. The second kappa shape index (κ2) is 24.5. The van der Waals surface area contributed by atoms with Crippen LogP contribution in [0.2, 0.25) is 0 Å². The van der Waals surface area contributed by atoms with Gasteiger partial charge in [0.05, 0.1) is 5.75 Å². The van der Waals surface area contributed by atoms with Crippen LogP contribution in [0.3, 0.4) is 0 Å². The van der Waals surface area contributed by atoms with Crippen molar-refractivity contribution >= 4 is 37.7 Å². The zero-order valence-corrected chi connectivity index (χ0v) is 29.2. The topological polar surface area (TPSA) is 97.6 Å². The number of para-hydroxylation sites is 1. The van der Waals surface area contributed by atoms with Crippen LogP contribution >= 0.6 is 11.3 Å². The Morgan fingerprint density at radius 3 is 2.05 bits per heavy atom. The highest BCUT2D eigenvalue weighted by atomic mass is 32.2. The first-order valence-electron chi connectivity index (χ1n) is 17.2. The number of unbranched alkanes of at least 4 members (excludes halogenated alkanes) is 16. The Kier molecular flexibility index (Phi) is 21.4. The number of methoxy groups -OCH3 is 1. The lowest BCUT2D eigenvalue weighted by molar-refractivity contribution is -0.667. The summed E-state index contributed by atoms with van der Waals surface area (Å²) in [5, 5.41) is 2.78. The number of amides is 1. The maximum absolute atomic E-state index is 12.5. The van der Waals surface area contributed by atoms with Gasteiger partial charge in [-0.2, -0.15) is 4.57 Å². The van der Waals surface area contributed by atoms with Gasteiger partial charge in [0.15, 0.2) is 0 Å². The van der Waals surface area contributed by atoms with Gasteiger partial charge >= 0.3 is 6.09 Å². The minimum atomic E-state index is -3.44. The van der Waals surface area contributed by atoms with Crippen molar-refractivity contribution in [3.8, 4) is 0 Å². The highest BCUT2D eigenvalue weighted by Crippen LogP contribution is 2.16. The lowest BCUT2D eigenvalue weighted by atomic mass is 10.0. The van der Waals surface area contributed by atoms with Crippen molar-refractivity contribution in [3.63, 3.8) is 0 Å². The number of nitrogens with zero attached hydrogens (tertiary/aromatic N) is 1.